The van der Waals surface area contributed by atoms with Gasteiger partial charge in [0.15, 0.2) is 0 Å². The van der Waals surface area contributed by atoms with Gasteiger partial charge in [-0.25, -0.2) is 0 Å². The first-order valence-electron chi connectivity index (χ1n) is 7.78. The highest BCUT2D eigenvalue weighted by Crippen LogP contribution is 2.39. The van der Waals surface area contributed by atoms with Crippen LogP contribution in [0.15, 0.2) is 41.0 Å². The Labute approximate surface area is 126 Å². The van der Waals surface area contributed by atoms with Crippen LogP contribution in [0.2, 0.25) is 0 Å². The predicted molar refractivity (Wildman–Crippen MR) is 83.8 cm³/mol. The molecule has 0 aliphatic carbocycles. The summed E-state index contributed by atoms with van der Waals surface area (Å²) in [6.45, 7) is 5.92. The van der Waals surface area contributed by atoms with Crippen LogP contribution in [0.25, 0.3) is 0 Å². The molecule has 0 bridgehead atoms. The molecule has 2 atom stereocenters. The van der Waals surface area contributed by atoms with E-state index in [1.165, 1.54) is 11.1 Å². The molecule has 3 nitrogen and oxygen atoms in total. The molecule has 1 aromatic carbocycles. The number of nitrogens with one attached hydrogen (secondary N) is 1. The molecule has 3 rings (SSSR count). The number of hydrogen-bond acceptors (Lipinski definition) is 3. The van der Waals surface area contributed by atoms with Crippen LogP contribution in [-0.4, -0.2) is 13.2 Å². The van der Waals surface area contributed by atoms with Crippen molar-refractivity contribution >= 4 is 0 Å². The zero-order chi connectivity index (χ0) is 14.7. The number of furan rings is 1. The third-order valence-corrected chi connectivity index (χ3v) is 4.21. The van der Waals surface area contributed by atoms with E-state index in [1.54, 1.807) is 0 Å². The average molecular weight is 285 g/mol. The molecule has 0 saturated heterocycles. The monoisotopic (exact) mass is 285 g/mol. The fraction of sp³-hybridized carbons (Fsp3) is 0.444. The van der Waals surface area contributed by atoms with Gasteiger partial charge in [0.2, 0.25) is 0 Å². The van der Waals surface area contributed by atoms with E-state index in [-0.39, 0.29) is 0 Å². The van der Waals surface area contributed by atoms with E-state index in [0.717, 1.165) is 37.5 Å². The van der Waals surface area contributed by atoms with Gasteiger partial charge in [-0.1, -0.05) is 25.1 Å². The van der Waals surface area contributed by atoms with Gasteiger partial charge in [-0.2, -0.15) is 0 Å². The minimum Gasteiger partial charge on any atom is -0.493 e. The highest BCUT2D eigenvalue weighted by Gasteiger charge is 2.25. The maximum absolute atomic E-state index is 5.77. The van der Waals surface area contributed by atoms with Gasteiger partial charge in [-0.3, -0.25) is 0 Å². The number of ether oxygens (including phenoxy) is 1. The first kappa shape index (κ1) is 14.2. The lowest BCUT2D eigenvalue weighted by atomic mass is 9.86. The van der Waals surface area contributed by atoms with E-state index in [2.05, 4.69) is 36.5 Å². The highest BCUT2D eigenvalue weighted by molar-refractivity contribution is 5.38. The molecule has 0 amide bonds. The van der Waals surface area contributed by atoms with Crippen LogP contribution in [-0.2, 0) is 0 Å². The maximum Gasteiger partial charge on any atom is 0.122 e. The standard InChI is InChI=1S/C18H23NO2/c1-3-19-17(15-10-13(2)21-12-15)11-14-8-9-20-18-7-5-4-6-16(14)18/h4-7,10,12,14,17,19H,3,8-9,11H2,1-2H3. The van der Waals surface area contributed by atoms with Crippen molar-refractivity contribution in [2.24, 2.45) is 0 Å². The zero-order valence-corrected chi connectivity index (χ0v) is 12.8. The third-order valence-electron chi connectivity index (χ3n) is 4.21. The minimum atomic E-state index is 0.337. The molecule has 0 radical (unpaired) electrons. The lowest BCUT2D eigenvalue weighted by molar-refractivity contribution is 0.255. The number of rotatable bonds is 5. The lowest BCUT2D eigenvalue weighted by Gasteiger charge is -2.29. The van der Waals surface area contributed by atoms with Gasteiger partial charge in [0.25, 0.3) is 0 Å². The third kappa shape index (κ3) is 3.13. The van der Waals surface area contributed by atoms with Gasteiger partial charge in [-0.15, -0.1) is 0 Å². The Kier molecular flexibility index (Phi) is 4.30. The molecule has 21 heavy (non-hydrogen) atoms. The van der Waals surface area contributed by atoms with Crippen LogP contribution in [0.5, 0.6) is 5.75 Å². The van der Waals surface area contributed by atoms with E-state index >= 15 is 0 Å². The summed E-state index contributed by atoms with van der Waals surface area (Å²) >= 11 is 0. The van der Waals surface area contributed by atoms with E-state index in [1.807, 2.05) is 19.3 Å². The summed E-state index contributed by atoms with van der Waals surface area (Å²) in [5.41, 5.74) is 2.59. The van der Waals surface area contributed by atoms with Gasteiger partial charge in [0, 0.05) is 11.6 Å². The molecule has 0 saturated carbocycles. The highest BCUT2D eigenvalue weighted by atomic mass is 16.5. The summed E-state index contributed by atoms with van der Waals surface area (Å²) in [4.78, 5) is 0. The molecule has 112 valence electrons. The summed E-state index contributed by atoms with van der Waals surface area (Å²) < 4.78 is 11.3. The summed E-state index contributed by atoms with van der Waals surface area (Å²) in [6, 6.07) is 10.9. The van der Waals surface area contributed by atoms with Gasteiger partial charge >= 0.3 is 0 Å². The molecule has 2 aromatic rings. The molecular weight excluding hydrogens is 262 g/mol. The Morgan fingerprint density at radius 1 is 1.33 bits per heavy atom. The first-order chi connectivity index (χ1) is 10.3. The van der Waals surface area contributed by atoms with E-state index in [9.17, 15) is 0 Å². The molecule has 0 spiro atoms. The van der Waals surface area contributed by atoms with Crippen LogP contribution in [0.4, 0.5) is 0 Å². The molecule has 2 heterocycles. The summed E-state index contributed by atoms with van der Waals surface area (Å²) in [7, 11) is 0. The van der Waals surface area contributed by atoms with Crippen molar-refractivity contribution in [3.05, 3.63) is 53.5 Å². The van der Waals surface area contributed by atoms with Crippen molar-refractivity contribution < 1.29 is 9.15 Å². The number of benzene rings is 1. The second kappa shape index (κ2) is 6.35. The van der Waals surface area contributed by atoms with Gasteiger partial charge in [0.1, 0.15) is 11.5 Å². The minimum absolute atomic E-state index is 0.337. The van der Waals surface area contributed by atoms with E-state index in [0.29, 0.717) is 12.0 Å². The Hall–Kier alpha value is -1.74. The van der Waals surface area contributed by atoms with Crippen molar-refractivity contribution in [2.75, 3.05) is 13.2 Å². The van der Waals surface area contributed by atoms with Crippen LogP contribution >= 0.6 is 0 Å². The first-order valence-corrected chi connectivity index (χ1v) is 7.78. The predicted octanol–water partition coefficient (Wildman–Crippen LogP) is 4.20. The quantitative estimate of drug-likeness (QED) is 0.894. The maximum atomic E-state index is 5.77. The largest absolute Gasteiger partial charge is 0.493 e. The number of fused-ring (bicyclic) bond motifs is 1. The smallest absolute Gasteiger partial charge is 0.122 e. The van der Waals surface area contributed by atoms with Crippen molar-refractivity contribution in [2.45, 2.75) is 38.6 Å². The fourth-order valence-corrected chi connectivity index (χ4v) is 3.18. The summed E-state index contributed by atoms with van der Waals surface area (Å²) in [5, 5.41) is 3.59. The van der Waals surface area contributed by atoms with E-state index < -0.39 is 0 Å². The molecular formula is C18H23NO2. The Morgan fingerprint density at radius 2 is 2.19 bits per heavy atom. The average Bonchev–Trinajstić information content (AvgIpc) is 2.94. The fourth-order valence-electron chi connectivity index (χ4n) is 3.18. The lowest BCUT2D eigenvalue weighted by Crippen LogP contribution is -2.24. The van der Waals surface area contributed by atoms with Gasteiger partial charge in [-0.05, 0) is 49.9 Å². The summed E-state index contributed by atoms with van der Waals surface area (Å²) in [6.07, 6.45) is 4.04. The Balaban J connectivity index is 1.80. The SMILES string of the molecule is CCNC(CC1CCOc2ccccc21)c1coc(C)c1. The molecule has 2 unspecified atom stereocenters. The van der Waals surface area contributed by atoms with Crippen molar-refractivity contribution in [1.29, 1.82) is 0 Å². The second-order valence-electron chi connectivity index (χ2n) is 5.71. The summed E-state index contributed by atoms with van der Waals surface area (Å²) in [5.74, 6) is 2.56. The Bertz CT molecular complexity index is 590. The second-order valence-corrected chi connectivity index (χ2v) is 5.71. The van der Waals surface area contributed by atoms with Crippen LogP contribution < -0.4 is 10.1 Å². The van der Waals surface area contributed by atoms with Crippen molar-refractivity contribution in [1.82, 2.24) is 5.32 Å². The number of hydrogen-bond donors (Lipinski definition) is 1. The van der Waals surface area contributed by atoms with Gasteiger partial charge < -0.3 is 14.5 Å². The number of para-hydroxylation sites is 1. The molecule has 1 aromatic heterocycles. The van der Waals surface area contributed by atoms with E-state index in [4.69, 9.17) is 9.15 Å². The Morgan fingerprint density at radius 3 is 2.95 bits per heavy atom. The number of aryl methyl sites for hydroxylation is 1. The van der Waals surface area contributed by atoms with Crippen LogP contribution in [0.1, 0.15) is 48.6 Å². The van der Waals surface area contributed by atoms with Crippen LogP contribution in [0.3, 0.4) is 0 Å². The van der Waals surface area contributed by atoms with Crippen molar-refractivity contribution in [3.8, 4) is 5.75 Å². The molecule has 3 heteroatoms. The molecule has 1 N–H and O–H groups in total. The topological polar surface area (TPSA) is 34.4 Å². The molecule has 1 aliphatic heterocycles. The normalized spacial score (nSPS) is 18.9. The van der Waals surface area contributed by atoms with Gasteiger partial charge in [0.05, 0.1) is 12.9 Å². The molecule has 0 fully saturated rings. The zero-order valence-electron chi connectivity index (χ0n) is 12.8. The van der Waals surface area contributed by atoms with Crippen molar-refractivity contribution in [3.63, 3.8) is 0 Å². The molecule has 1 aliphatic rings. The van der Waals surface area contributed by atoms with Crippen LogP contribution in [0, 0.1) is 6.92 Å².